The Bertz CT molecular complexity index is 712. The number of nitrogens with zero attached hydrogens (tertiary/aromatic N) is 2. The lowest BCUT2D eigenvalue weighted by Gasteiger charge is -2.28. The molecule has 0 N–H and O–H groups in total. The SMILES string of the molecule is CC[C@H](C)N(Cc1csc(COc2ccccc2C)n1)C(=O)CC(C)C. The number of amides is 1. The summed E-state index contributed by atoms with van der Waals surface area (Å²) in [6.45, 7) is 11.4. The summed E-state index contributed by atoms with van der Waals surface area (Å²) in [5, 5.41) is 2.97. The van der Waals surface area contributed by atoms with Crippen LogP contribution < -0.4 is 4.74 Å². The highest BCUT2D eigenvalue weighted by Gasteiger charge is 2.21. The van der Waals surface area contributed by atoms with E-state index >= 15 is 0 Å². The molecule has 0 fully saturated rings. The molecule has 4 nitrogen and oxygen atoms in total. The number of benzene rings is 1. The van der Waals surface area contributed by atoms with Gasteiger partial charge in [0.15, 0.2) is 0 Å². The van der Waals surface area contributed by atoms with Gasteiger partial charge in [0.2, 0.25) is 5.91 Å². The van der Waals surface area contributed by atoms with Crippen LogP contribution in [0.2, 0.25) is 0 Å². The lowest BCUT2D eigenvalue weighted by molar-refractivity contribution is -0.134. The topological polar surface area (TPSA) is 42.4 Å². The smallest absolute Gasteiger partial charge is 0.223 e. The Morgan fingerprint density at radius 2 is 2.00 bits per heavy atom. The van der Waals surface area contributed by atoms with E-state index in [9.17, 15) is 4.79 Å². The van der Waals surface area contributed by atoms with E-state index in [1.165, 1.54) is 0 Å². The monoisotopic (exact) mass is 374 g/mol. The third-order valence-corrected chi connectivity index (χ3v) is 5.27. The fourth-order valence-electron chi connectivity index (χ4n) is 2.70. The van der Waals surface area contributed by atoms with Crippen LogP contribution in [-0.4, -0.2) is 21.8 Å². The van der Waals surface area contributed by atoms with Crippen LogP contribution in [0.25, 0.3) is 0 Å². The average Bonchev–Trinajstić information content (AvgIpc) is 3.05. The zero-order chi connectivity index (χ0) is 19.1. The second-order valence-corrected chi connectivity index (χ2v) is 8.11. The predicted octanol–water partition coefficient (Wildman–Crippen LogP) is 5.20. The molecule has 0 spiro atoms. The second-order valence-electron chi connectivity index (χ2n) is 7.16. The molecule has 0 aliphatic rings. The zero-order valence-electron chi connectivity index (χ0n) is 16.5. The van der Waals surface area contributed by atoms with Gasteiger partial charge in [-0.05, 0) is 37.8 Å². The van der Waals surface area contributed by atoms with Crippen molar-refractivity contribution in [1.82, 2.24) is 9.88 Å². The van der Waals surface area contributed by atoms with E-state index in [0.717, 1.165) is 28.4 Å². The maximum absolute atomic E-state index is 12.6. The number of rotatable bonds is 9. The molecular formula is C21H30N2O2S. The van der Waals surface area contributed by atoms with Crippen LogP contribution in [0.5, 0.6) is 5.75 Å². The van der Waals surface area contributed by atoms with E-state index in [2.05, 4.69) is 32.7 Å². The van der Waals surface area contributed by atoms with Gasteiger partial charge in [0.1, 0.15) is 17.4 Å². The largest absolute Gasteiger partial charge is 0.486 e. The first-order valence-electron chi connectivity index (χ1n) is 9.31. The van der Waals surface area contributed by atoms with Gasteiger partial charge in [-0.3, -0.25) is 4.79 Å². The lowest BCUT2D eigenvalue weighted by atomic mass is 10.1. The zero-order valence-corrected chi connectivity index (χ0v) is 17.3. The standard InChI is InChI=1S/C21H30N2O2S/c1-6-17(5)23(21(24)11-15(2)3)12-18-14-26-20(22-18)13-25-19-10-8-7-9-16(19)4/h7-10,14-15,17H,6,11-13H2,1-5H3/t17-/m0/s1. The van der Waals surface area contributed by atoms with Crippen molar-refractivity contribution >= 4 is 17.2 Å². The van der Waals surface area contributed by atoms with Gasteiger partial charge in [0.25, 0.3) is 0 Å². The quantitative estimate of drug-likeness (QED) is 0.605. The summed E-state index contributed by atoms with van der Waals surface area (Å²) in [5.74, 6) is 1.46. The van der Waals surface area contributed by atoms with E-state index in [1.54, 1.807) is 11.3 Å². The number of hydrogen-bond acceptors (Lipinski definition) is 4. The molecule has 0 aliphatic heterocycles. The van der Waals surface area contributed by atoms with Crippen molar-refractivity contribution in [3.8, 4) is 5.75 Å². The molecular weight excluding hydrogens is 344 g/mol. The molecule has 142 valence electrons. The summed E-state index contributed by atoms with van der Waals surface area (Å²) in [4.78, 5) is 19.2. The highest BCUT2D eigenvalue weighted by atomic mass is 32.1. The molecule has 1 heterocycles. The Hall–Kier alpha value is -1.88. The predicted molar refractivity (Wildman–Crippen MR) is 107 cm³/mol. The molecule has 0 unspecified atom stereocenters. The lowest BCUT2D eigenvalue weighted by Crippen LogP contribution is -2.38. The van der Waals surface area contributed by atoms with Crippen molar-refractivity contribution in [3.05, 3.63) is 45.9 Å². The summed E-state index contributed by atoms with van der Waals surface area (Å²) in [6.07, 6.45) is 1.52. The molecule has 0 radical (unpaired) electrons. The minimum atomic E-state index is 0.208. The van der Waals surface area contributed by atoms with Crippen molar-refractivity contribution in [2.24, 2.45) is 5.92 Å². The van der Waals surface area contributed by atoms with Gasteiger partial charge >= 0.3 is 0 Å². The van der Waals surface area contributed by atoms with E-state index in [4.69, 9.17) is 4.74 Å². The molecule has 2 aromatic rings. The number of aryl methyl sites for hydroxylation is 1. The first-order valence-corrected chi connectivity index (χ1v) is 10.2. The normalized spacial score (nSPS) is 12.2. The Kier molecular flexibility index (Phi) is 7.64. The maximum Gasteiger partial charge on any atom is 0.223 e. The average molecular weight is 375 g/mol. The Morgan fingerprint density at radius 3 is 2.65 bits per heavy atom. The molecule has 1 aromatic carbocycles. The van der Waals surface area contributed by atoms with Gasteiger partial charge in [0.05, 0.1) is 12.2 Å². The molecule has 1 atom stereocenters. The third-order valence-electron chi connectivity index (χ3n) is 4.40. The molecule has 1 amide bonds. The minimum Gasteiger partial charge on any atom is -0.486 e. The minimum absolute atomic E-state index is 0.208. The molecule has 5 heteroatoms. The van der Waals surface area contributed by atoms with E-state index < -0.39 is 0 Å². The molecule has 26 heavy (non-hydrogen) atoms. The number of carbonyl (C=O) groups is 1. The highest BCUT2D eigenvalue weighted by molar-refractivity contribution is 7.09. The first-order chi connectivity index (χ1) is 12.4. The summed E-state index contributed by atoms with van der Waals surface area (Å²) >= 11 is 1.59. The summed E-state index contributed by atoms with van der Waals surface area (Å²) in [5.41, 5.74) is 2.06. The Balaban J connectivity index is 2.00. The van der Waals surface area contributed by atoms with Crippen LogP contribution in [-0.2, 0) is 17.9 Å². The van der Waals surface area contributed by atoms with Gasteiger partial charge in [-0.1, -0.05) is 39.0 Å². The fraction of sp³-hybridized carbons (Fsp3) is 0.524. The first kappa shape index (κ1) is 20.4. The molecule has 2 rings (SSSR count). The Morgan fingerprint density at radius 1 is 1.27 bits per heavy atom. The molecule has 0 aliphatic carbocycles. The molecule has 0 saturated carbocycles. The number of thiazole rings is 1. The van der Waals surface area contributed by atoms with Gasteiger partial charge in [0, 0.05) is 17.8 Å². The molecule has 0 saturated heterocycles. The van der Waals surface area contributed by atoms with Crippen LogP contribution >= 0.6 is 11.3 Å². The van der Waals surface area contributed by atoms with Gasteiger partial charge in [-0.15, -0.1) is 11.3 Å². The molecule has 0 bridgehead atoms. The third kappa shape index (κ3) is 5.84. The number of ether oxygens (including phenoxy) is 1. The Labute approximate surface area is 161 Å². The van der Waals surface area contributed by atoms with Crippen LogP contribution in [0, 0.1) is 12.8 Å². The van der Waals surface area contributed by atoms with E-state index in [0.29, 0.717) is 25.5 Å². The summed E-state index contributed by atoms with van der Waals surface area (Å²) < 4.78 is 5.88. The number of carbonyl (C=O) groups excluding carboxylic acids is 1. The van der Waals surface area contributed by atoms with Crippen molar-refractivity contribution in [1.29, 1.82) is 0 Å². The van der Waals surface area contributed by atoms with Crippen molar-refractivity contribution in [3.63, 3.8) is 0 Å². The van der Waals surface area contributed by atoms with Crippen molar-refractivity contribution in [2.45, 2.75) is 66.7 Å². The summed E-state index contributed by atoms with van der Waals surface area (Å²) in [7, 11) is 0. The van der Waals surface area contributed by atoms with Crippen LogP contribution in [0.3, 0.4) is 0 Å². The van der Waals surface area contributed by atoms with Crippen molar-refractivity contribution < 1.29 is 9.53 Å². The van der Waals surface area contributed by atoms with Crippen LogP contribution in [0.1, 0.15) is 56.8 Å². The number of hydrogen-bond donors (Lipinski definition) is 0. The number of para-hydroxylation sites is 1. The fourth-order valence-corrected chi connectivity index (χ4v) is 3.39. The van der Waals surface area contributed by atoms with Crippen LogP contribution in [0.4, 0.5) is 0 Å². The van der Waals surface area contributed by atoms with Gasteiger partial charge in [-0.25, -0.2) is 4.98 Å². The van der Waals surface area contributed by atoms with Crippen LogP contribution in [0.15, 0.2) is 29.6 Å². The van der Waals surface area contributed by atoms with Crippen molar-refractivity contribution in [2.75, 3.05) is 0 Å². The van der Waals surface area contributed by atoms with Gasteiger partial charge in [-0.2, -0.15) is 0 Å². The molecule has 1 aromatic heterocycles. The van der Waals surface area contributed by atoms with E-state index in [-0.39, 0.29) is 11.9 Å². The van der Waals surface area contributed by atoms with E-state index in [1.807, 2.05) is 41.5 Å². The second kappa shape index (κ2) is 9.72. The summed E-state index contributed by atoms with van der Waals surface area (Å²) in [6, 6.07) is 8.20. The van der Waals surface area contributed by atoms with Gasteiger partial charge < -0.3 is 9.64 Å². The number of aromatic nitrogens is 1. The maximum atomic E-state index is 12.6. The highest BCUT2D eigenvalue weighted by Crippen LogP contribution is 2.21.